The number of amides is 1. The van der Waals surface area contributed by atoms with Gasteiger partial charge in [0.25, 0.3) is 0 Å². The summed E-state index contributed by atoms with van der Waals surface area (Å²) < 4.78 is 11.0. The van der Waals surface area contributed by atoms with Crippen LogP contribution < -0.4 is 20.1 Å². The molecule has 2 N–H and O–H groups in total. The van der Waals surface area contributed by atoms with Crippen LogP contribution in [0.15, 0.2) is 12.1 Å². The van der Waals surface area contributed by atoms with Crippen LogP contribution in [-0.2, 0) is 11.3 Å². The number of hydrogen-bond donors (Lipinski definition) is 2. The molecule has 1 aromatic carbocycles. The van der Waals surface area contributed by atoms with Crippen LogP contribution in [0.5, 0.6) is 11.5 Å². The van der Waals surface area contributed by atoms with Crippen LogP contribution in [-0.4, -0.2) is 31.7 Å². The first-order valence-electron chi connectivity index (χ1n) is 6.71. The summed E-state index contributed by atoms with van der Waals surface area (Å²) in [5.41, 5.74) is 0.954. The van der Waals surface area contributed by atoms with Crippen molar-refractivity contribution in [3.8, 4) is 11.5 Å². The van der Waals surface area contributed by atoms with Crippen LogP contribution in [0.1, 0.15) is 19.4 Å². The highest BCUT2D eigenvalue weighted by atomic mass is 35.5. The van der Waals surface area contributed by atoms with Gasteiger partial charge in [-0.1, -0.05) is 11.6 Å². The van der Waals surface area contributed by atoms with E-state index in [0.29, 0.717) is 42.8 Å². The molecule has 1 aliphatic rings. The molecule has 1 unspecified atom stereocenters. The van der Waals surface area contributed by atoms with Crippen LogP contribution in [0.2, 0.25) is 5.02 Å². The lowest BCUT2D eigenvalue weighted by molar-refractivity contribution is -0.122. The van der Waals surface area contributed by atoms with E-state index in [-0.39, 0.29) is 11.9 Å². The summed E-state index contributed by atoms with van der Waals surface area (Å²) >= 11 is 6.16. The molecule has 1 amide bonds. The zero-order valence-corrected chi connectivity index (χ0v) is 12.4. The number of ether oxygens (including phenoxy) is 2. The van der Waals surface area contributed by atoms with Crippen molar-refractivity contribution in [2.75, 3.05) is 19.8 Å². The summed E-state index contributed by atoms with van der Waals surface area (Å²) in [5.74, 6) is 1.24. The Hall–Kier alpha value is -1.46. The van der Waals surface area contributed by atoms with Crippen LogP contribution in [0.4, 0.5) is 0 Å². The molecular weight excluding hydrogens is 280 g/mol. The van der Waals surface area contributed by atoms with E-state index in [1.807, 2.05) is 26.0 Å². The smallest absolute Gasteiger partial charge is 0.236 e. The minimum Gasteiger partial charge on any atom is -0.486 e. The van der Waals surface area contributed by atoms with Crippen molar-refractivity contribution in [2.45, 2.75) is 26.4 Å². The molecule has 0 bridgehead atoms. The number of nitrogens with one attached hydrogen (secondary N) is 2. The second-order valence-electron chi connectivity index (χ2n) is 4.60. The third kappa shape index (κ3) is 3.55. The third-order valence-electron chi connectivity index (χ3n) is 3.01. The largest absolute Gasteiger partial charge is 0.486 e. The maximum atomic E-state index is 11.6. The van der Waals surface area contributed by atoms with Crippen molar-refractivity contribution in [1.82, 2.24) is 10.6 Å². The number of halogens is 1. The molecule has 6 heteroatoms. The SMILES string of the molecule is CCNC(=O)C(C)NCc1cc(Cl)c2c(c1)OCCO2. The van der Waals surface area contributed by atoms with Gasteiger partial charge in [0.15, 0.2) is 11.5 Å². The molecule has 0 fully saturated rings. The molecule has 110 valence electrons. The topological polar surface area (TPSA) is 59.6 Å². The minimum absolute atomic E-state index is 0.0175. The predicted molar refractivity (Wildman–Crippen MR) is 77.4 cm³/mol. The fourth-order valence-electron chi connectivity index (χ4n) is 1.96. The van der Waals surface area contributed by atoms with Crippen molar-refractivity contribution < 1.29 is 14.3 Å². The van der Waals surface area contributed by atoms with Crippen molar-refractivity contribution in [1.29, 1.82) is 0 Å². The Balaban J connectivity index is 2.00. The van der Waals surface area contributed by atoms with Gasteiger partial charge in [0, 0.05) is 13.1 Å². The normalized spacial score (nSPS) is 14.8. The standard InChI is InChI=1S/C14H19ClN2O3/c1-3-16-14(18)9(2)17-8-10-6-11(15)13-12(7-10)19-4-5-20-13/h6-7,9,17H,3-5,8H2,1-2H3,(H,16,18). The number of carbonyl (C=O) groups excluding carboxylic acids is 1. The zero-order chi connectivity index (χ0) is 14.5. The van der Waals surface area contributed by atoms with Crippen molar-refractivity contribution in [3.05, 3.63) is 22.7 Å². The molecule has 0 radical (unpaired) electrons. The summed E-state index contributed by atoms with van der Waals surface area (Å²) in [4.78, 5) is 11.6. The zero-order valence-electron chi connectivity index (χ0n) is 11.7. The fourth-order valence-corrected chi connectivity index (χ4v) is 2.25. The van der Waals surface area contributed by atoms with Crippen molar-refractivity contribution in [3.63, 3.8) is 0 Å². The number of hydrogen-bond acceptors (Lipinski definition) is 4. The lowest BCUT2D eigenvalue weighted by Crippen LogP contribution is -2.41. The van der Waals surface area contributed by atoms with E-state index < -0.39 is 0 Å². The Morgan fingerprint density at radius 2 is 2.15 bits per heavy atom. The van der Waals surface area contributed by atoms with Gasteiger partial charge in [0.2, 0.25) is 5.91 Å². The molecule has 0 saturated heterocycles. The highest BCUT2D eigenvalue weighted by Crippen LogP contribution is 2.38. The van der Waals surface area contributed by atoms with Gasteiger partial charge in [-0.25, -0.2) is 0 Å². The van der Waals surface area contributed by atoms with Gasteiger partial charge >= 0.3 is 0 Å². The molecule has 1 heterocycles. The van der Waals surface area contributed by atoms with Gasteiger partial charge in [-0.15, -0.1) is 0 Å². The van der Waals surface area contributed by atoms with Gasteiger partial charge in [-0.05, 0) is 31.5 Å². The highest BCUT2D eigenvalue weighted by molar-refractivity contribution is 6.32. The molecule has 0 saturated carbocycles. The molecule has 0 aliphatic carbocycles. The van der Waals surface area contributed by atoms with E-state index in [0.717, 1.165) is 5.56 Å². The molecule has 1 aliphatic heterocycles. The van der Waals surface area contributed by atoms with Crippen LogP contribution in [0.25, 0.3) is 0 Å². The number of benzene rings is 1. The van der Waals surface area contributed by atoms with Crippen molar-refractivity contribution >= 4 is 17.5 Å². The van der Waals surface area contributed by atoms with Gasteiger partial charge in [0.05, 0.1) is 11.1 Å². The second-order valence-corrected chi connectivity index (χ2v) is 5.01. The predicted octanol–water partition coefficient (Wildman–Crippen LogP) is 1.73. The van der Waals surface area contributed by atoms with Crippen LogP contribution in [0, 0.1) is 0 Å². The number of rotatable bonds is 5. The quantitative estimate of drug-likeness (QED) is 0.869. The van der Waals surface area contributed by atoms with Gasteiger partial charge < -0.3 is 20.1 Å². The van der Waals surface area contributed by atoms with E-state index >= 15 is 0 Å². The van der Waals surface area contributed by atoms with Gasteiger partial charge in [0.1, 0.15) is 13.2 Å². The Bertz CT molecular complexity index is 494. The Morgan fingerprint density at radius 3 is 2.90 bits per heavy atom. The monoisotopic (exact) mass is 298 g/mol. The first kappa shape index (κ1) is 14.9. The maximum Gasteiger partial charge on any atom is 0.236 e. The minimum atomic E-state index is -0.262. The molecule has 0 aromatic heterocycles. The fraction of sp³-hybridized carbons (Fsp3) is 0.500. The Kier molecular flexibility index (Phi) is 5.09. The number of carbonyl (C=O) groups is 1. The average Bonchev–Trinajstić information content (AvgIpc) is 2.45. The van der Waals surface area contributed by atoms with E-state index in [4.69, 9.17) is 21.1 Å². The first-order chi connectivity index (χ1) is 9.61. The average molecular weight is 299 g/mol. The van der Waals surface area contributed by atoms with Gasteiger partial charge in [-0.3, -0.25) is 4.79 Å². The summed E-state index contributed by atoms with van der Waals surface area (Å²) in [6, 6.07) is 3.45. The van der Waals surface area contributed by atoms with E-state index in [9.17, 15) is 4.79 Å². The lowest BCUT2D eigenvalue weighted by Gasteiger charge is -2.21. The van der Waals surface area contributed by atoms with E-state index in [2.05, 4.69) is 10.6 Å². The summed E-state index contributed by atoms with van der Waals surface area (Å²) in [7, 11) is 0. The van der Waals surface area contributed by atoms with Crippen LogP contribution >= 0.6 is 11.6 Å². The first-order valence-corrected chi connectivity index (χ1v) is 7.08. The molecule has 5 nitrogen and oxygen atoms in total. The third-order valence-corrected chi connectivity index (χ3v) is 3.29. The van der Waals surface area contributed by atoms with Gasteiger partial charge in [-0.2, -0.15) is 0 Å². The Morgan fingerprint density at radius 1 is 1.40 bits per heavy atom. The number of fused-ring (bicyclic) bond motifs is 1. The summed E-state index contributed by atoms with van der Waals surface area (Å²) in [6.07, 6.45) is 0. The molecule has 1 aromatic rings. The molecule has 0 spiro atoms. The lowest BCUT2D eigenvalue weighted by atomic mass is 10.1. The summed E-state index contributed by atoms with van der Waals surface area (Å²) in [6.45, 7) is 5.92. The number of likely N-dealkylation sites (N-methyl/N-ethyl adjacent to an activating group) is 1. The molecule has 2 rings (SSSR count). The highest BCUT2D eigenvalue weighted by Gasteiger charge is 2.17. The molecule has 20 heavy (non-hydrogen) atoms. The second kappa shape index (κ2) is 6.81. The Labute approximate surface area is 123 Å². The van der Waals surface area contributed by atoms with Crippen molar-refractivity contribution in [2.24, 2.45) is 0 Å². The van der Waals surface area contributed by atoms with Crippen LogP contribution in [0.3, 0.4) is 0 Å². The molecular formula is C14H19ClN2O3. The molecule has 1 atom stereocenters. The van der Waals surface area contributed by atoms with E-state index in [1.54, 1.807) is 0 Å². The maximum absolute atomic E-state index is 11.6. The van der Waals surface area contributed by atoms with E-state index in [1.165, 1.54) is 0 Å². The summed E-state index contributed by atoms with van der Waals surface area (Å²) in [5, 5.41) is 6.45.